The number of hydroxylamine groups is 2. The van der Waals surface area contributed by atoms with E-state index >= 15 is 0 Å². The molecule has 0 aliphatic rings. The molecular formula is C19H18NO-. The average Bonchev–Trinajstić information content (AvgIpc) is 2.54. The van der Waals surface area contributed by atoms with E-state index in [1.54, 1.807) is 0 Å². The number of nitrogens with zero attached hydrogens (tertiary/aromatic N) is 1. The first-order valence-electron chi connectivity index (χ1n) is 7.21. The maximum absolute atomic E-state index is 12.5. The van der Waals surface area contributed by atoms with Crippen molar-refractivity contribution in [1.82, 2.24) is 5.06 Å². The van der Waals surface area contributed by atoms with Crippen LogP contribution in [0, 0.1) is 5.21 Å². The van der Waals surface area contributed by atoms with Gasteiger partial charge in [0.1, 0.15) is 0 Å². The molecule has 1 unspecified atom stereocenters. The Morgan fingerprint density at radius 2 is 1.52 bits per heavy atom. The average molecular weight is 276 g/mol. The molecule has 0 radical (unpaired) electrons. The Morgan fingerprint density at radius 3 is 2.33 bits per heavy atom. The van der Waals surface area contributed by atoms with Crippen LogP contribution in [0.15, 0.2) is 72.8 Å². The lowest BCUT2D eigenvalue weighted by Crippen LogP contribution is -2.20. The van der Waals surface area contributed by atoms with Crippen LogP contribution < -0.4 is 0 Å². The third kappa shape index (κ3) is 2.97. The van der Waals surface area contributed by atoms with Crippen molar-refractivity contribution in [3.63, 3.8) is 0 Å². The molecule has 0 amide bonds. The van der Waals surface area contributed by atoms with Crippen molar-refractivity contribution in [3.8, 4) is 0 Å². The van der Waals surface area contributed by atoms with Crippen molar-refractivity contribution in [2.45, 2.75) is 19.5 Å². The molecule has 0 fully saturated rings. The highest BCUT2D eigenvalue weighted by Gasteiger charge is 2.10. The summed E-state index contributed by atoms with van der Waals surface area (Å²) in [7, 11) is 0. The molecule has 0 aromatic heterocycles. The molecule has 3 aromatic carbocycles. The second-order valence-corrected chi connectivity index (χ2v) is 5.31. The topological polar surface area (TPSA) is 26.3 Å². The fraction of sp³-hybridized carbons (Fsp3) is 0.158. The number of hydrogen-bond acceptors (Lipinski definition) is 2. The Kier molecular flexibility index (Phi) is 4.00. The van der Waals surface area contributed by atoms with Gasteiger partial charge in [-0.05, 0) is 28.8 Å². The molecule has 2 nitrogen and oxygen atoms in total. The van der Waals surface area contributed by atoms with Gasteiger partial charge >= 0.3 is 0 Å². The quantitative estimate of drug-likeness (QED) is 0.633. The molecule has 0 heterocycles. The first kappa shape index (κ1) is 13.8. The highest BCUT2D eigenvalue weighted by molar-refractivity contribution is 5.86. The van der Waals surface area contributed by atoms with Gasteiger partial charge in [0.05, 0.1) is 0 Å². The van der Waals surface area contributed by atoms with E-state index in [9.17, 15) is 5.21 Å². The third-order valence-corrected chi connectivity index (χ3v) is 3.89. The summed E-state index contributed by atoms with van der Waals surface area (Å²) in [5, 5.41) is 16.0. The van der Waals surface area contributed by atoms with Crippen molar-refractivity contribution in [2.24, 2.45) is 0 Å². The maximum atomic E-state index is 12.5. The molecule has 3 aromatic rings. The largest absolute Gasteiger partial charge is 0.784 e. The van der Waals surface area contributed by atoms with Gasteiger partial charge in [0.25, 0.3) is 0 Å². The molecule has 2 heteroatoms. The van der Waals surface area contributed by atoms with E-state index in [0.29, 0.717) is 6.54 Å². The van der Waals surface area contributed by atoms with Crippen molar-refractivity contribution < 1.29 is 0 Å². The Morgan fingerprint density at radius 1 is 0.857 bits per heavy atom. The SMILES string of the molecule is CC(c1cccc2ccccc12)N([O-])Cc1ccccc1. The maximum Gasteiger partial charge on any atom is 0.0211 e. The number of rotatable bonds is 4. The molecule has 1 atom stereocenters. The summed E-state index contributed by atoms with van der Waals surface area (Å²) in [6.45, 7) is 2.38. The van der Waals surface area contributed by atoms with E-state index in [0.717, 1.165) is 21.6 Å². The summed E-state index contributed by atoms with van der Waals surface area (Å²) < 4.78 is 0. The Labute approximate surface area is 125 Å². The standard InChI is InChI=1S/C19H18NO/c1-15(20(21)14-16-8-3-2-4-9-16)18-13-7-11-17-10-5-6-12-19(17)18/h2-13,15H,14H2,1H3/q-1. The Balaban J connectivity index is 1.88. The molecule has 0 bridgehead atoms. The molecule has 0 N–H and O–H groups in total. The van der Waals surface area contributed by atoms with E-state index < -0.39 is 0 Å². The minimum absolute atomic E-state index is 0.170. The van der Waals surface area contributed by atoms with Gasteiger partial charge in [0, 0.05) is 12.6 Å². The zero-order chi connectivity index (χ0) is 14.7. The first-order chi connectivity index (χ1) is 10.3. The Hall–Kier alpha value is -2.16. The van der Waals surface area contributed by atoms with Crippen LogP contribution in [0.2, 0.25) is 0 Å². The lowest BCUT2D eigenvalue weighted by atomic mass is 9.99. The van der Waals surface area contributed by atoms with E-state index in [-0.39, 0.29) is 6.04 Å². The molecule has 0 saturated carbocycles. The summed E-state index contributed by atoms with van der Waals surface area (Å²) in [4.78, 5) is 0. The van der Waals surface area contributed by atoms with Gasteiger partial charge in [-0.25, -0.2) is 0 Å². The number of hydrogen-bond donors (Lipinski definition) is 0. The second kappa shape index (κ2) is 6.08. The van der Waals surface area contributed by atoms with Gasteiger partial charge in [0.15, 0.2) is 0 Å². The first-order valence-corrected chi connectivity index (χ1v) is 7.21. The fourth-order valence-corrected chi connectivity index (χ4v) is 2.67. The molecule has 106 valence electrons. The predicted molar refractivity (Wildman–Crippen MR) is 87.7 cm³/mol. The van der Waals surface area contributed by atoms with Crippen LogP contribution >= 0.6 is 0 Å². The summed E-state index contributed by atoms with van der Waals surface area (Å²) >= 11 is 0. The van der Waals surface area contributed by atoms with Crippen molar-refractivity contribution in [3.05, 3.63) is 89.1 Å². The van der Waals surface area contributed by atoms with Crippen LogP contribution in [0.3, 0.4) is 0 Å². The summed E-state index contributed by atoms with van der Waals surface area (Å²) in [5.74, 6) is 0. The lowest BCUT2D eigenvalue weighted by Gasteiger charge is -2.35. The predicted octanol–water partition coefficient (Wildman–Crippen LogP) is 4.90. The van der Waals surface area contributed by atoms with Gasteiger partial charge < -0.3 is 10.3 Å². The highest BCUT2D eigenvalue weighted by Crippen LogP contribution is 2.28. The molecule has 0 saturated heterocycles. The van der Waals surface area contributed by atoms with Crippen LogP contribution in [0.4, 0.5) is 0 Å². The monoisotopic (exact) mass is 276 g/mol. The van der Waals surface area contributed by atoms with Gasteiger partial charge in [-0.2, -0.15) is 0 Å². The summed E-state index contributed by atoms with van der Waals surface area (Å²) in [6, 6.07) is 24.0. The molecular weight excluding hydrogens is 258 g/mol. The van der Waals surface area contributed by atoms with Crippen molar-refractivity contribution >= 4 is 10.8 Å². The molecule has 3 rings (SSSR count). The minimum atomic E-state index is -0.170. The van der Waals surface area contributed by atoms with Crippen LogP contribution in [-0.2, 0) is 6.54 Å². The van der Waals surface area contributed by atoms with Gasteiger partial charge in [0.2, 0.25) is 0 Å². The van der Waals surface area contributed by atoms with E-state index in [4.69, 9.17) is 0 Å². The van der Waals surface area contributed by atoms with Crippen LogP contribution in [0.5, 0.6) is 0 Å². The Bertz CT molecular complexity index is 718. The van der Waals surface area contributed by atoms with Crippen molar-refractivity contribution in [2.75, 3.05) is 0 Å². The van der Waals surface area contributed by atoms with Crippen LogP contribution in [0.1, 0.15) is 24.1 Å². The van der Waals surface area contributed by atoms with E-state index in [1.165, 1.54) is 5.39 Å². The smallest absolute Gasteiger partial charge is 0.0211 e. The normalized spacial score (nSPS) is 12.7. The van der Waals surface area contributed by atoms with Gasteiger partial charge in [-0.1, -0.05) is 72.8 Å². The van der Waals surface area contributed by atoms with Crippen LogP contribution in [0.25, 0.3) is 10.8 Å². The molecule has 0 spiro atoms. The fourth-order valence-electron chi connectivity index (χ4n) is 2.67. The molecule has 0 aliphatic heterocycles. The zero-order valence-electron chi connectivity index (χ0n) is 12.1. The van der Waals surface area contributed by atoms with Gasteiger partial charge in [-0.15, -0.1) is 0 Å². The van der Waals surface area contributed by atoms with Crippen molar-refractivity contribution in [1.29, 1.82) is 0 Å². The molecule has 0 aliphatic carbocycles. The third-order valence-electron chi connectivity index (χ3n) is 3.89. The zero-order valence-corrected chi connectivity index (χ0v) is 12.1. The molecule has 21 heavy (non-hydrogen) atoms. The lowest BCUT2D eigenvalue weighted by molar-refractivity contribution is 0.293. The minimum Gasteiger partial charge on any atom is -0.784 e. The van der Waals surface area contributed by atoms with E-state index in [2.05, 4.69) is 18.2 Å². The van der Waals surface area contributed by atoms with E-state index in [1.807, 2.05) is 61.5 Å². The number of fused-ring (bicyclic) bond motifs is 1. The number of benzene rings is 3. The second-order valence-electron chi connectivity index (χ2n) is 5.31. The summed E-state index contributed by atoms with van der Waals surface area (Å²) in [5.41, 5.74) is 2.12. The highest BCUT2D eigenvalue weighted by atomic mass is 16.5. The summed E-state index contributed by atoms with van der Waals surface area (Å²) in [6.07, 6.45) is 0. The van der Waals surface area contributed by atoms with Crippen LogP contribution in [-0.4, -0.2) is 5.06 Å². The van der Waals surface area contributed by atoms with Gasteiger partial charge in [-0.3, -0.25) is 0 Å².